The minimum absolute atomic E-state index is 0.296. The largest absolute Gasteiger partial charge is 0.320 e. The lowest BCUT2D eigenvalue weighted by Gasteiger charge is -2.37. The van der Waals surface area contributed by atoms with Crippen LogP contribution in [0.25, 0.3) is 0 Å². The normalized spacial score (nSPS) is 31.4. The van der Waals surface area contributed by atoms with E-state index in [1.807, 2.05) is 29.2 Å². The lowest BCUT2D eigenvalue weighted by atomic mass is 9.94. The first-order chi connectivity index (χ1) is 10.3. The Balaban J connectivity index is 1.43. The molecule has 4 rings (SSSR count). The molecule has 1 heterocycles. The van der Waals surface area contributed by atoms with E-state index in [1.165, 1.54) is 6.42 Å². The van der Waals surface area contributed by atoms with Gasteiger partial charge in [-0.2, -0.15) is 9.78 Å². The van der Waals surface area contributed by atoms with E-state index in [4.69, 9.17) is 31.2 Å². The van der Waals surface area contributed by atoms with Crippen LogP contribution in [-0.2, 0) is 19.6 Å². The van der Waals surface area contributed by atoms with Crippen LogP contribution >= 0.6 is 11.6 Å². The summed E-state index contributed by atoms with van der Waals surface area (Å²) in [6.07, 6.45) is 4.39. The zero-order valence-corrected chi connectivity index (χ0v) is 12.4. The summed E-state index contributed by atoms with van der Waals surface area (Å²) in [4.78, 5) is 24.0. The van der Waals surface area contributed by atoms with Crippen molar-refractivity contribution in [2.45, 2.75) is 31.5 Å². The predicted molar refractivity (Wildman–Crippen MR) is 76.2 cm³/mol. The standard InChI is InChI=1S/C15H18ClNO4/c16-13-3-5-14(6-4-13)17-9-18-20-15(21-19-10-17)8-11-1-2-12(15)7-11/h3-6,11-12H,1-2,7-10H2. The summed E-state index contributed by atoms with van der Waals surface area (Å²) in [5.74, 6) is 0.355. The zero-order chi connectivity index (χ0) is 14.3. The van der Waals surface area contributed by atoms with Gasteiger partial charge in [0.15, 0.2) is 13.5 Å². The Labute approximate surface area is 128 Å². The van der Waals surface area contributed by atoms with Crippen molar-refractivity contribution >= 4 is 17.3 Å². The molecule has 114 valence electrons. The van der Waals surface area contributed by atoms with E-state index >= 15 is 0 Å². The van der Waals surface area contributed by atoms with Crippen LogP contribution in [0.4, 0.5) is 5.69 Å². The third-order valence-corrected chi connectivity index (χ3v) is 5.00. The first-order valence-electron chi connectivity index (χ1n) is 7.37. The predicted octanol–water partition coefficient (Wildman–Crippen LogP) is 3.49. The molecule has 21 heavy (non-hydrogen) atoms. The second-order valence-electron chi connectivity index (χ2n) is 6.07. The molecule has 6 heteroatoms. The highest BCUT2D eigenvalue weighted by atomic mass is 35.5. The van der Waals surface area contributed by atoms with Crippen molar-refractivity contribution < 1.29 is 19.6 Å². The molecular formula is C15H18ClNO4. The van der Waals surface area contributed by atoms with Crippen molar-refractivity contribution in [3.63, 3.8) is 0 Å². The maximum absolute atomic E-state index is 5.90. The van der Waals surface area contributed by atoms with Crippen molar-refractivity contribution in [3.05, 3.63) is 29.3 Å². The average Bonchev–Trinajstić information content (AvgIpc) is 3.05. The van der Waals surface area contributed by atoms with Gasteiger partial charge in [-0.3, -0.25) is 0 Å². The average molecular weight is 312 g/mol. The van der Waals surface area contributed by atoms with Gasteiger partial charge in [0.1, 0.15) is 0 Å². The van der Waals surface area contributed by atoms with Crippen LogP contribution in [0.1, 0.15) is 25.7 Å². The third-order valence-electron chi connectivity index (χ3n) is 4.75. The quantitative estimate of drug-likeness (QED) is 0.743. The molecule has 2 aliphatic carbocycles. The van der Waals surface area contributed by atoms with Gasteiger partial charge < -0.3 is 4.90 Å². The van der Waals surface area contributed by atoms with Crippen molar-refractivity contribution in [2.24, 2.45) is 11.8 Å². The molecule has 0 aromatic heterocycles. The van der Waals surface area contributed by atoms with E-state index < -0.39 is 5.79 Å². The topological polar surface area (TPSA) is 40.2 Å². The Morgan fingerprint density at radius 1 is 1.05 bits per heavy atom. The Bertz CT molecular complexity index is 499. The monoisotopic (exact) mass is 311 g/mol. The van der Waals surface area contributed by atoms with Crippen LogP contribution < -0.4 is 4.90 Å². The van der Waals surface area contributed by atoms with Gasteiger partial charge in [-0.25, -0.2) is 9.78 Å². The molecule has 1 aromatic carbocycles. The second kappa shape index (κ2) is 5.41. The van der Waals surface area contributed by atoms with Crippen LogP contribution in [0.2, 0.25) is 5.02 Å². The first kappa shape index (κ1) is 13.8. The number of nitrogens with zero attached hydrogens (tertiary/aromatic N) is 1. The molecular weight excluding hydrogens is 294 g/mol. The number of benzene rings is 1. The molecule has 5 nitrogen and oxygen atoms in total. The molecule has 0 amide bonds. The van der Waals surface area contributed by atoms with E-state index in [0.29, 0.717) is 30.3 Å². The fourth-order valence-electron chi connectivity index (χ4n) is 3.66. The smallest absolute Gasteiger partial charge is 0.237 e. The van der Waals surface area contributed by atoms with Gasteiger partial charge >= 0.3 is 0 Å². The van der Waals surface area contributed by atoms with Crippen molar-refractivity contribution in [1.82, 2.24) is 0 Å². The SMILES string of the molecule is Clc1ccc(N2COOC3(CC4CCC3C4)OOC2)cc1. The van der Waals surface area contributed by atoms with Crippen LogP contribution in [0.15, 0.2) is 24.3 Å². The van der Waals surface area contributed by atoms with Crippen molar-refractivity contribution in [2.75, 3.05) is 18.4 Å². The fourth-order valence-corrected chi connectivity index (χ4v) is 3.79. The van der Waals surface area contributed by atoms with Gasteiger partial charge in [0.25, 0.3) is 0 Å². The van der Waals surface area contributed by atoms with Gasteiger partial charge in [0, 0.05) is 23.0 Å². The molecule has 1 aromatic rings. The highest BCUT2D eigenvalue weighted by molar-refractivity contribution is 6.30. The van der Waals surface area contributed by atoms with Crippen molar-refractivity contribution in [3.8, 4) is 0 Å². The number of hydrogen-bond acceptors (Lipinski definition) is 5. The first-order valence-corrected chi connectivity index (χ1v) is 7.75. The molecule has 1 spiro atoms. The Morgan fingerprint density at radius 2 is 1.76 bits per heavy atom. The van der Waals surface area contributed by atoms with Crippen molar-refractivity contribution in [1.29, 1.82) is 0 Å². The highest BCUT2D eigenvalue weighted by Crippen LogP contribution is 2.53. The van der Waals surface area contributed by atoms with Crippen LogP contribution in [-0.4, -0.2) is 19.2 Å². The molecule has 2 unspecified atom stereocenters. The second-order valence-corrected chi connectivity index (χ2v) is 6.51. The Kier molecular flexibility index (Phi) is 3.55. The van der Waals surface area contributed by atoms with Gasteiger partial charge in [0.2, 0.25) is 5.79 Å². The van der Waals surface area contributed by atoms with Gasteiger partial charge in [-0.1, -0.05) is 11.6 Å². The molecule has 0 N–H and O–H groups in total. The molecule has 2 atom stereocenters. The molecule has 1 saturated heterocycles. The van der Waals surface area contributed by atoms with Crippen LogP contribution in [0.5, 0.6) is 0 Å². The Morgan fingerprint density at radius 3 is 2.33 bits per heavy atom. The molecule has 2 saturated carbocycles. The molecule has 3 aliphatic rings. The molecule has 0 radical (unpaired) electrons. The maximum Gasteiger partial charge on any atom is 0.237 e. The Hall–Kier alpha value is -0.850. The summed E-state index contributed by atoms with van der Waals surface area (Å²) in [6, 6.07) is 7.47. The highest BCUT2D eigenvalue weighted by Gasteiger charge is 2.56. The summed E-state index contributed by atoms with van der Waals surface area (Å²) in [5.41, 5.74) is 0.940. The molecule has 2 bridgehead atoms. The van der Waals surface area contributed by atoms with E-state index in [0.717, 1.165) is 24.9 Å². The van der Waals surface area contributed by atoms with Gasteiger partial charge in [0.05, 0.1) is 0 Å². The number of rotatable bonds is 1. The van der Waals surface area contributed by atoms with Crippen LogP contribution in [0, 0.1) is 11.8 Å². The fraction of sp³-hybridized carbons (Fsp3) is 0.600. The van der Waals surface area contributed by atoms with E-state index in [-0.39, 0.29) is 0 Å². The lowest BCUT2D eigenvalue weighted by molar-refractivity contribution is -0.532. The zero-order valence-electron chi connectivity index (χ0n) is 11.7. The summed E-state index contributed by atoms with van der Waals surface area (Å²) in [5, 5.41) is 0.695. The minimum Gasteiger partial charge on any atom is -0.320 e. The number of halogens is 1. The summed E-state index contributed by atoms with van der Waals surface area (Å²) < 4.78 is 0. The summed E-state index contributed by atoms with van der Waals surface area (Å²) in [6.45, 7) is 0.592. The lowest BCUT2D eigenvalue weighted by Crippen LogP contribution is -2.46. The van der Waals surface area contributed by atoms with E-state index in [1.54, 1.807) is 0 Å². The van der Waals surface area contributed by atoms with E-state index in [9.17, 15) is 0 Å². The molecule has 1 aliphatic heterocycles. The number of fused-ring (bicyclic) bond motifs is 3. The summed E-state index contributed by atoms with van der Waals surface area (Å²) in [7, 11) is 0. The van der Waals surface area contributed by atoms with Gasteiger partial charge in [-0.05, 0) is 49.4 Å². The number of hydrogen-bond donors (Lipinski definition) is 0. The number of anilines is 1. The minimum atomic E-state index is -0.699. The van der Waals surface area contributed by atoms with Gasteiger partial charge in [-0.15, -0.1) is 0 Å². The maximum atomic E-state index is 5.90. The van der Waals surface area contributed by atoms with E-state index in [2.05, 4.69) is 0 Å². The van der Waals surface area contributed by atoms with Crippen LogP contribution in [0.3, 0.4) is 0 Å². The summed E-state index contributed by atoms with van der Waals surface area (Å²) >= 11 is 5.90. The third kappa shape index (κ3) is 2.53. The molecule has 3 fully saturated rings.